The molecule has 0 spiro atoms. The Bertz CT molecular complexity index is 1920. The molecule has 0 unspecified atom stereocenters. The molecule has 6 rings (SSSR count). The molecule has 0 radical (unpaired) electrons. The van der Waals surface area contributed by atoms with Crippen LogP contribution in [0.15, 0.2) is 60.7 Å². The van der Waals surface area contributed by atoms with E-state index in [1.54, 1.807) is 24.3 Å². The van der Waals surface area contributed by atoms with Crippen molar-refractivity contribution in [2.45, 2.75) is 40.8 Å². The number of thiophene rings is 2. The van der Waals surface area contributed by atoms with Gasteiger partial charge in [-0.3, -0.25) is 9.59 Å². The average Bonchev–Trinajstić information content (AvgIpc) is 3.52. The van der Waals surface area contributed by atoms with Gasteiger partial charge in [-0.2, -0.15) is 0 Å². The van der Waals surface area contributed by atoms with Crippen LogP contribution in [0.25, 0.3) is 20.4 Å². The van der Waals surface area contributed by atoms with E-state index in [4.69, 9.17) is 34.7 Å². The predicted molar refractivity (Wildman–Crippen MR) is 192 cm³/mol. The zero-order chi connectivity index (χ0) is 33.1. The number of aryl methyl sites for hydroxylation is 4. The summed E-state index contributed by atoms with van der Waals surface area (Å²) in [7, 11) is 0. The molecule has 0 aliphatic carbocycles. The van der Waals surface area contributed by atoms with Gasteiger partial charge in [0.1, 0.15) is 19.4 Å². The number of carbonyl (C=O) groups excluding carboxylic acids is 2. The summed E-state index contributed by atoms with van der Waals surface area (Å²) in [6.07, 6.45) is 0. The molecule has 0 saturated heterocycles. The molecule has 4 heterocycles. The Labute approximate surface area is 284 Å². The van der Waals surface area contributed by atoms with E-state index in [9.17, 15) is 9.59 Å². The number of hydrogen-bond donors (Lipinski definition) is 4. The Balaban J connectivity index is 0.000000181. The normalized spacial score (nSPS) is 10.9. The molecular formula is C34H32Cl2N6O2S2. The van der Waals surface area contributed by atoms with E-state index in [0.29, 0.717) is 44.3 Å². The Morgan fingerprint density at radius 1 is 0.652 bits per heavy atom. The molecule has 8 nitrogen and oxygen atoms in total. The van der Waals surface area contributed by atoms with E-state index in [2.05, 4.69) is 20.6 Å². The number of amides is 2. The summed E-state index contributed by atoms with van der Waals surface area (Å²) < 4.78 is 0. The third kappa shape index (κ3) is 7.42. The van der Waals surface area contributed by atoms with E-state index < -0.39 is 0 Å². The van der Waals surface area contributed by atoms with Gasteiger partial charge in [0.15, 0.2) is 0 Å². The number of rotatable bonds is 6. The first-order valence-corrected chi connectivity index (χ1v) is 16.7. The number of fused-ring (bicyclic) bond motifs is 2. The molecule has 0 fully saturated rings. The minimum atomic E-state index is -0.183. The molecule has 0 bridgehead atoms. The van der Waals surface area contributed by atoms with Gasteiger partial charge in [-0.25, -0.2) is 9.97 Å². The van der Waals surface area contributed by atoms with E-state index in [1.165, 1.54) is 22.7 Å². The van der Waals surface area contributed by atoms with Gasteiger partial charge in [-0.1, -0.05) is 47.5 Å². The number of nitrogens with zero attached hydrogens (tertiary/aromatic N) is 2. The van der Waals surface area contributed by atoms with Crippen molar-refractivity contribution in [3.8, 4) is 0 Å². The second-order valence-electron chi connectivity index (χ2n) is 10.8. The number of aromatic nitrogens is 2. The first kappa shape index (κ1) is 33.2. The Morgan fingerprint density at radius 2 is 1.00 bits per heavy atom. The molecule has 0 saturated carbocycles. The van der Waals surface area contributed by atoms with Gasteiger partial charge in [-0.05, 0) is 86.3 Å². The van der Waals surface area contributed by atoms with Crippen LogP contribution < -0.4 is 22.1 Å². The molecule has 46 heavy (non-hydrogen) atoms. The van der Waals surface area contributed by atoms with Crippen molar-refractivity contribution in [2.24, 2.45) is 0 Å². The summed E-state index contributed by atoms with van der Waals surface area (Å²) in [5.41, 5.74) is 19.2. The maximum atomic E-state index is 12.4. The Hall–Kier alpha value is -4.22. The highest BCUT2D eigenvalue weighted by atomic mass is 35.5. The lowest BCUT2D eigenvalue weighted by atomic mass is 10.1. The van der Waals surface area contributed by atoms with Crippen LogP contribution in [0.1, 0.15) is 53.0 Å². The molecule has 236 valence electrons. The Morgan fingerprint density at radius 3 is 1.35 bits per heavy atom. The number of carbonyl (C=O) groups is 2. The zero-order valence-electron chi connectivity index (χ0n) is 25.6. The van der Waals surface area contributed by atoms with Crippen LogP contribution >= 0.6 is 45.9 Å². The second-order valence-corrected chi connectivity index (χ2v) is 13.7. The molecule has 0 aliphatic heterocycles. The van der Waals surface area contributed by atoms with Gasteiger partial charge in [0.25, 0.3) is 11.8 Å². The van der Waals surface area contributed by atoms with Crippen molar-refractivity contribution in [1.29, 1.82) is 0 Å². The summed E-state index contributed by atoms with van der Waals surface area (Å²) in [5.74, 6) is -0.366. The minimum absolute atomic E-state index is 0.183. The first-order valence-electron chi connectivity index (χ1n) is 14.3. The lowest BCUT2D eigenvalue weighted by molar-refractivity contribution is 0.0947. The van der Waals surface area contributed by atoms with Crippen molar-refractivity contribution >= 4 is 89.5 Å². The van der Waals surface area contributed by atoms with Crippen molar-refractivity contribution in [2.75, 3.05) is 11.5 Å². The number of pyridine rings is 2. The molecule has 0 atom stereocenters. The Kier molecular flexibility index (Phi) is 10.1. The molecule has 6 N–H and O–H groups in total. The highest BCUT2D eigenvalue weighted by Gasteiger charge is 2.20. The number of benzene rings is 2. The minimum Gasteiger partial charge on any atom is -0.397 e. The summed E-state index contributed by atoms with van der Waals surface area (Å²) in [4.78, 5) is 36.4. The van der Waals surface area contributed by atoms with Crippen LogP contribution in [0.2, 0.25) is 10.0 Å². The van der Waals surface area contributed by atoms with Gasteiger partial charge in [-0.15, -0.1) is 22.7 Å². The van der Waals surface area contributed by atoms with Gasteiger partial charge in [0, 0.05) is 45.3 Å². The van der Waals surface area contributed by atoms with E-state index >= 15 is 0 Å². The molecule has 12 heteroatoms. The lowest BCUT2D eigenvalue weighted by Crippen LogP contribution is -2.22. The van der Waals surface area contributed by atoms with Crippen molar-refractivity contribution < 1.29 is 9.59 Å². The fourth-order valence-electron chi connectivity index (χ4n) is 5.01. The van der Waals surface area contributed by atoms with E-state index in [-0.39, 0.29) is 11.8 Å². The largest absolute Gasteiger partial charge is 0.397 e. The van der Waals surface area contributed by atoms with Gasteiger partial charge >= 0.3 is 0 Å². The SMILES string of the molecule is Cc1cc(C)c2c(N)c(C(=O)NCc3ccc(Cl)cc3)sc2n1.Cc1cc(C)c2c(N)c(C(=O)NCc3ccc(Cl)cc3)sc2n1. The quantitative estimate of drug-likeness (QED) is 0.139. The molecule has 2 aromatic carbocycles. The van der Waals surface area contributed by atoms with Crippen molar-refractivity contribution in [3.63, 3.8) is 0 Å². The molecule has 0 aliphatic rings. The smallest absolute Gasteiger partial charge is 0.263 e. The number of hydrogen-bond acceptors (Lipinski definition) is 8. The monoisotopic (exact) mass is 690 g/mol. The third-order valence-corrected chi connectivity index (χ3v) is 9.89. The topological polar surface area (TPSA) is 136 Å². The number of nitrogen functional groups attached to an aromatic ring is 2. The van der Waals surface area contributed by atoms with E-state index in [1.807, 2.05) is 64.1 Å². The maximum absolute atomic E-state index is 12.4. The van der Waals surface area contributed by atoms with Gasteiger partial charge in [0.2, 0.25) is 0 Å². The molecule has 4 aromatic heterocycles. The van der Waals surface area contributed by atoms with Crippen LogP contribution in [-0.4, -0.2) is 21.8 Å². The predicted octanol–water partition coefficient (Wildman–Crippen LogP) is 8.16. The highest BCUT2D eigenvalue weighted by Crippen LogP contribution is 2.36. The summed E-state index contributed by atoms with van der Waals surface area (Å²) in [5, 5.41) is 8.87. The summed E-state index contributed by atoms with van der Waals surface area (Å²) in [6.45, 7) is 8.68. The van der Waals surface area contributed by atoms with Crippen LogP contribution in [0, 0.1) is 27.7 Å². The van der Waals surface area contributed by atoms with Crippen molar-refractivity contribution in [3.05, 3.63) is 114 Å². The fraction of sp³-hybridized carbons (Fsp3) is 0.176. The third-order valence-electron chi connectivity index (χ3n) is 7.19. The van der Waals surface area contributed by atoms with Crippen LogP contribution in [0.5, 0.6) is 0 Å². The second kappa shape index (κ2) is 14.0. The van der Waals surface area contributed by atoms with E-state index in [0.717, 1.165) is 54.1 Å². The molecule has 6 aromatic rings. The molecular weight excluding hydrogens is 659 g/mol. The zero-order valence-corrected chi connectivity index (χ0v) is 28.8. The highest BCUT2D eigenvalue weighted by molar-refractivity contribution is 7.21. The first-order chi connectivity index (χ1) is 21.9. The standard InChI is InChI=1S/2C17H16ClN3OS/c2*1-9-7-10(2)21-17-13(9)14(19)15(23-17)16(22)20-8-11-3-5-12(18)6-4-11/h2*3-7H,8,19H2,1-2H3,(H,20,22). The van der Waals surface area contributed by atoms with Crippen LogP contribution in [0.4, 0.5) is 11.4 Å². The van der Waals surface area contributed by atoms with Crippen molar-refractivity contribution in [1.82, 2.24) is 20.6 Å². The number of anilines is 2. The fourth-order valence-corrected chi connectivity index (χ4v) is 7.52. The number of nitrogens with one attached hydrogen (secondary N) is 2. The average molecular weight is 692 g/mol. The number of nitrogens with two attached hydrogens (primary N) is 2. The maximum Gasteiger partial charge on any atom is 0.263 e. The lowest BCUT2D eigenvalue weighted by Gasteiger charge is -2.05. The van der Waals surface area contributed by atoms with Crippen LogP contribution in [0.3, 0.4) is 0 Å². The van der Waals surface area contributed by atoms with Crippen LogP contribution in [-0.2, 0) is 13.1 Å². The number of halogens is 2. The summed E-state index contributed by atoms with van der Waals surface area (Å²) in [6, 6.07) is 18.7. The van der Waals surface area contributed by atoms with Gasteiger partial charge < -0.3 is 22.1 Å². The summed E-state index contributed by atoms with van der Waals surface area (Å²) >= 11 is 14.4. The molecule has 2 amide bonds. The van der Waals surface area contributed by atoms with Gasteiger partial charge in [0.05, 0.1) is 11.4 Å².